The van der Waals surface area contributed by atoms with Crippen molar-refractivity contribution >= 4 is 11.8 Å². The van der Waals surface area contributed by atoms with Gasteiger partial charge < -0.3 is 15.5 Å². The third kappa shape index (κ3) is 3.20. The number of aliphatic hydroxyl groups excluding tert-OH is 1. The molecule has 0 aliphatic heterocycles. The lowest BCUT2D eigenvalue weighted by Crippen LogP contribution is -2.27. The van der Waals surface area contributed by atoms with E-state index >= 15 is 0 Å². The highest BCUT2D eigenvalue weighted by Gasteiger charge is 2.18. The number of pyridine rings is 1. The summed E-state index contributed by atoms with van der Waals surface area (Å²) in [7, 11) is 0. The van der Waals surface area contributed by atoms with Crippen LogP contribution in [0.15, 0.2) is 18.3 Å². The molecule has 0 bridgehead atoms. The van der Waals surface area contributed by atoms with Crippen molar-refractivity contribution < 1.29 is 15.0 Å². The van der Waals surface area contributed by atoms with Gasteiger partial charge in [-0.3, -0.25) is 0 Å². The number of hydrogen-bond acceptors (Lipinski definition) is 4. The Morgan fingerprint density at radius 2 is 2.25 bits per heavy atom. The van der Waals surface area contributed by atoms with Crippen LogP contribution in [0.1, 0.15) is 24.2 Å². The molecule has 0 saturated heterocycles. The lowest BCUT2D eigenvalue weighted by molar-refractivity contribution is 0.0697. The molecule has 0 radical (unpaired) electrons. The number of carboxylic acid groups (broad SMARTS) is 1. The zero-order valence-corrected chi connectivity index (χ0v) is 9.40. The molecule has 1 heterocycles. The Morgan fingerprint density at radius 3 is 2.81 bits per heavy atom. The topological polar surface area (TPSA) is 82.5 Å². The smallest absolute Gasteiger partial charge is 0.339 e. The molecule has 5 heteroatoms. The fraction of sp³-hybridized carbons (Fsp3) is 0.455. The van der Waals surface area contributed by atoms with E-state index in [1.807, 2.05) is 13.8 Å². The monoisotopic (exact) mass is 224 g/mol. The number of aromatic carboxylic acids is 1. The van der Waals surface area contributed by atoms with Crippen LogP contribution in [0.5, 0.6) is 0 Å². The van der Waals surface area contributed by atoms with Gasteiger partial charge >= 0.3 is 5.97 Å². The molecule has 0 aromatic carbocycles. The predicted molar refractivity (Wildman–Crippen MR) is 60.6 cm³/mol. The summed E-state index contributed by atoms with van der Waals surface area (Å²) in [5.41, 5.74) is -0.177. The first-order valence-corrected chi connectivity index (χ1v) is 4.99. The van der Waals surface area contributed by atoms with Gasteiger partial charge in [-0.25, -0.2) is 9.78 Å². The van der Waals surface area contributed by atoms with Gasteiger partial charge in [0.2, 0.25) is 0 Å². The number of rotatable bonds is 5. The first-order chi connectivity index (χ1) is 7.46. The molecule has 0 aliphatic rings. The van der Waals surface area contributed by atoms with E-state index in [0.717, 1.165) is 0 Å². The van der Waals surface area contributed by atoms with Gasteiger partial charge in [0.25, 0.3) is 0 Å². The van der Waals surface area contributed by atoms with Gasteiger partial charge in [0, 0.05) is 24.8 Å². The zero-order chi connectivity index (χ0) is 12.2. The van der Waals surface area contributed by atoms with Crippen molar-refractivity contribution in [3.8, 4) is 0 Å². The molecule has 0 unspecified atom stereocenters. The van der Waals surface area contributed by atoms with E-state index in [9.17, 15) is 4.79 Å². The predicted octanol–water partition coefficient (Wildman–Crippen LogP) is 1.21. The average molecular weight is 224 g/mol. The Balaban J connectivity index is 2.78. The van der Waals surface area contributed by atoms with Gasteiger partial charge in [-0.05, 0) is 12.1 Å². The van der Waals surface area contributed by atoms with Gasteiger partial charge in [-0.15, -0.1) is 0 Å². The fourth-order valence-electron chi connectivity index (χ4n) is 1.10. The highest BCUT2D eigenvalue weighted by Crippen LogP contribution is 2.17. The van der Waals surface area contributed by atoms with E-state index in [1.54, 1.807) is 6.07 Å². The van der Waals surface area contributed by atoms with Crippen molar-refractivity contribution in [3.05, 3.63) is 23.9 Å². The number of aliphatic hydroxyl groups is 1. The minimum atomic E-state index is -1.02. The van der Waals surface area contributed by atoms with Crippen molar-refractivity contribution in [1.29, 1.82) is 0 Å². The van der Waals surface area contributed by atoms with Crippen molar-refractivity contribution in [2.45, 2.75) is 13.8 Å². The Hall–Kier alpha value is -1.62. The van der Waals surface area contributed by atoms with Crippen LogP contribution >= 0.6 is 0 Å². The summed E-state index contributed by atoms with van der Waals surface area (Å²) in [4.78, 5) is 14.9. The molecule has 0 fully saturated rings. The molecule has 88 valence electrons. The second-order valence-electron chi connectivity index (χ2n) is 4.38. The minimum Gasteiger partial charge on any atom is -0.478 e. The van der Waals surface area contributed by atoms with E-state index in [0.29, 0.717) is 12.4 Å². The average Bonchev–Trinajstić information content (AvgIpc) is 2.27. The number of carbonyl (C=O) groups is 1. The van der Waals surface area contributed by atoms with E-state index in [4.69, 9.17) is 10.2 Å². The quantitative estimate of drug-likeness (QED) is 0.700. The zero-order valence-electron chi connectivity index (χ0n) is 9.40. The summed E-state index contributed by atoms with van der Waals surface area (Å²) in [5.74, 6) is -0.686. The Morgan fingerprint density at radius 1 is 1.56 bits per heavy atom. The van der Waals surface area contributed by atoms with Crippen LogP contribution in [0.2, 0.25) is 0 Å². The Labute approximate surface area is 94.1 Å². The van der Waals surface area contributed by atoms with Crippen molar-refractivity contribution in [3.63, 3.8) is 0 Å². The molecule has 3 N–H and O–H groups in total. The number of anilines is 1. The minimum absolute atomic E-state index is 0.0231. The molecule has 0 saturated carbocycles. The van der Waals surface area contributed by atoms with Crippen LogP contribution in [-0.4, -0.2) is 34.3 Å². The van der Waals surface area contributed by atoms with Crippen molar-refractivity contribution in [2.24, 2.45) is 5.41 Å². The maximum Gasteiger partial charge on any atom is 0.339 e. The summed E-state index contributed by atoms with van der Waals surface area (Å²) in [6.45, 7) is 4.24. The molecule has 5 nitrogen and oxygen atoms in total. The highest BCUT2D eigenvalue weighted by atomic mass is 16.4. The second kappa shape index (κ2) is 4.94. The first-order valence-electron chi connectivity index (χ1n) is 4.99. The van der Waals surface area contributed by atoms with Crippen LogP contribution in [0.4, 0.5) is 5.82 Å². The molecular weight excluding hydrogens is 208 g/mol. The van der Waals surface area contributed by atoms with Crippen molar-refractivity contribution in [2.75, 3.05) is 18.5 Å². The SMILES string of the molecule is CC(C)(CO)CNc1ncccc1C(=O)O. The van der Waals surface area contributed by atoms with Gasteiger partial charge in [0.05, 0.1) is 0 Å². The number of hydrogen-bond donors (Lipinski definition) is 3. The molecule has 1 aromatic heterocycles. The van der Waals surface area contributed by atoms with Crippen LogP contribution < -0.4 is 5.32 Å². The molecule has 16 heavy (non-hydrogen) atoms. The third-order valence-electron chi connectivity index (χ3n) is 2.20. The lowest BCUT2D eigenvalue weighted by atomic mass is 9.95. The summed E-state index contributed by atoms with van der Waals surface area (Å²) in [6.07, 6.45) is 1.53. The Kier molecular flexibility index (Phi) is 3.84. The number of nitrogens with zero attached hydrogens (tertiary/aromatic N) is 1. The molecule has 1 rings (SSSR count). The van der Waals surface area contributed by atoms with Gasteiger partial charge in [-0.1, -0.05) is 13.8 Å². The molecule has 0 spiro atoms. The molecule has 1 aromatic rings. The molecule has 0 atom stereocenters. The standard InChI is InChI=1S/C11H16N2O3/c1-11(2,7-14)6-13-9-8(10(15)16)4-3-5-12-9/h3-5,14H,6-7H2,1-2H3,(H,12,13)(H,15,16). The van der Waals surface area contributed by atoms with Gasteiger partial charge in [0.15, 0.2) is 0 Å². The van der Waals surface area contributed by atoms with Gasteiger partial charge in [0.1, 0.15) is 11.4 Å². The molecular formula is C11H16N2O3. The lowest BCUT2D eigenvalue weighted by Gasteiger charge is -2.22. The second-order valence-corrected chi connectivity index (χ2v) is 4.38. The van der Waals surface area contributed by atoms with E-state index in [1.165, 1.54) is 12.3 Å². The normalized spacial score (nSPS) is 11.2. The van der Waals surface area contributed by atoms with E-state index < -0.39 is 5.97 Å². The number of carboxylic acids is 1. The largest absolute Gasteiger partial charge is 0.478 e. The maximum absolute atomic E-state index is 10.9. The number of aromatic nitrogens is 1. The summed E-state index contributed by atoms with van der Waals surface area (Å²) < 4.78 is 0. The highest BCUT2D eigenvalue weighted by molar-refractivity contribution is 5.92. The van der Waals surface area contributed by atoms with Gasteiger partial charge in [-0.2, -0.15) is 0 Å². The van der Waals surface area contributed by atoms with E-state index in [2.05, 4.69) is 10.3 Å². The summed E-state index contributed by atoms with van der Waals surface area (Å²) >= 11 is 0. The van der Waals surface area contributed by atoms with Crippen LogP contribution in [0.25, 0.3) is 0 Å². The molecule has 0 aliphatic carbocycles. The Bertz CT molecular complexity index is 377. The van der Waals surface area contributed by atoms with E-state index in [-0.39, 0.29) is 17.6 Å². The first kappa shape index (κ1) is 12.4. The third-order valence-corrected chi connectivity index (χ3v) is 2.20. The maximum atomic E-state index is 10.9. The fourth-order valence-corrected chi connectivity index (χ4v) is 1.10. The van der Waals surface area contributed by atoms with Crippen LogP contribution in [-0.2, 0) is 0 Å². The van der Waals surface area contributed by atoms with Crippen LogP contribution in [0.3, 0.4) is 0 Å². The summed E-state index contributed by atoms with van der Waals surface area (Å²) in [6, 6.07) is 3.06. The van der Waals surface area contributed by atoms with Crippen molar-refractivity contribution in [1.82, 2.24) is 4.98 Å². The summed E-state index contributed by atoms with van der Waals surface area (Å²) in [5, 5.41) is 20.9. The number of nitrogens with one attached hydrogen (secondary N) is 1. The molecule has 0 amide bonds. The van der Waals surface area contributed by atoms with Crippen LogP contribution in [0, 0.1) is 5.41 Å².